The molecule has 0 aromatic rings. The number of hydrogen-bond acceptors (Lipinski definition) is 5. The number of hydrazine groups is 1. The standard InChI is InChI=1S/C8H17N5O3/c1-4(9)8(16)13(12)5(7(11)15)2-3-6(10)14/h4-5H,2-3,9,12H2,1H3,(H2,10,14)(H2,11,15)/t4-,5-/m0/s1. The second kappa shape index (κ2) is 6.03. The fraction of sp³-hybridized carbons (Fsp3) is 0.625. The first kappa shape index (κ1) is 14.3. The Hall–Kier alpha value is -1.67. The molecule has 0 aliphatic heterocycles. The zero-order valence-corrected chi connectivity index (χ0v) is 9.05. The van der Waals surface area contributed by atoms with Crippen LogP contribution in [0.5, 0.6) is 0 Å². The maximum absolute atomic E-state index is 11.4. The monoisotopic (exact) mass is 231 g/mol. The lowest BCUT2D eigenvalue weighted by atomic mass is 10.1. The Kier molecular flexibility index (Phi) is 5.40. The molecule has 0 heterocycles. The molecule has 0 aromatic heterocycles. The molecule has 0 aromatic carbocycles. The van der Waals surface area contributed by atoms with Gasteiger partial charge in [-0.15, -0.1) is 0 Å². The van der Waals surface area contributed by atoms with Gasteiger partial charge in [-0.2, -0.15) is 0 Å². The summed E-state index contributed by atoms with van der Waals surface area (Å²) in [6, 6.07) is -1.92. The summed E-state index contributed by atoms with van der Waals surface area (Å²) in [4.78, 5) is 33.0. The van der Waals surface area contributed by atoms with Crippen molar-refractivity contribution in [2.24, 2.45) is 23.0 Å². The Balaban J connectivity index is 4.59. The van der Waals surface area contributed by atoms with Gasteiger partial charge in [0.05, 0.1) is 6.04 Å². The fourth-order valence-electron chi connectivity index (χ4n) is 1.09. The van der Waals surface area contributed by atoms with Crippen molar-refractivity contribution in [2.45, 2.75) is 31.8 Å². The first-order valence-electron chi connectivity index (χ1n) is 4.68. The van der Waals surface area contributed by atoms with Gasteiger partial charge in [-0.3, -0.25) is 19.4 Å². The van der Waals surface area contributed by atoms with Crippen molar-refractivity contribution in [2.75, 3.05) is 0 Å². The minimum absolute atomic E-state index is 0.0143. The molecule has 0 bridgehead atoms. The first-order chi connectivity index (χ1) is 7.27. The molecule has 8 N–H and O–H groups in total. The number of carbonyl (C=O) groups excluding carboxylic acids is 3. The van der Waals surface area contributed by atoms with Crippen molar-refractivity contribution in [3.05, 3.63) is 0 Å². The van der Waals surface area contributed by atoms with E-state index < -0.39 is 29.8 Å². The third-order valence-electron chi connectivity index (χ3n) is 1.97. The van der Waals surface area contributed by atoms with Crippen LogP contribution < -0.4 is 23.0 Å². The van der Waals surface area contributed by atoms with Crippen molar-refractivity contribution in [3.63, 3.8) is 0 Å². The van der Waals surface area contributed by atoms with Gasteiger partial charge in [-0.1, -0.05) is 0 Å². The molecule has 0 fully saturated rings. The largest absolute Gasteiger partial charge is 0.370 e. The average Bonchev–Trinajstić information content (AvgIpc) is 2.15. The maximum Gasteiger partial charge on any atom is 0.253 e. The van der Waals surface area contributed by atoms with Gasteiger partial charge >= 0.3 is 0 Å². The van der Waals surface area contributed by atoms with E-state index in [1.54, 1.807) is 0 Å². The van der Waals surface area contributed by atoms with Crippen LogP contribution in [-0.2, 0) is 14.4 Å². The molecule has 0 rings (SSSR count). The minimum Gasteiger partial charge on any atom is -0.370 e. The van der Waals surface area contributed by atoms with Crippen LogP contribution in [-0.4, -0.2) is 34.8 Å². The van der Waals surface area contributed by atoms with Crippen LogP contribution in [0.4, 0.5) is 0 Å². The number of nitrogens with two attached hydrogens (primary N) is 4. The molecule has 16 heavy (non-hydrogen) atoms. The molecule has 0 radical (unpaired) electrons. The van der Waals surface area contributed by atoms with E-state index in [0.717, 1.165) is 0 Å². The summed E-state index contributed by atoms with van der Waals surface area (Å²) in [6.07, 6.45) is -0.104. The Morgan fingerprint density at radius 2 is 1.75 bits per heavy atom. The molecule has 0 saturated heterocycles. The van der Waals surface area contributed by atoms with E-state index in [1.807, 2.05) is 0 Å². The Labute approximate surface area is 92.9 Å². The zero-order valence-electron chi connectivity index (χ0n) is 9.05. The molecule has 3 amide bonds. The maximum atomic E-state index is 11.4. The lowest BCUT2D eigenvalue weighted by molar-refractivity contribution is -0.141. The molecule has 0 aliphatic carbocycles. The molecule has 2 atom stereocenters. The highest BCUT2D eigenvalue weighted by Gasteiger charge is 2.27. The summed E-state index contributed by atoms with van der Waals surface area (Å²) in [6.45, 7) is 1.42. The summed E-state index contributed by atoms with van der Waals surface area (Å²) in [7, 11) is 0. The third kappa shape index (κ3) is 4.24. The summed E-state index contributed by atoms with van der Waals surface area (Å²) in [5, 5.41) is 0.649. The van der Waals surface area contributed by atoms with Gasteiger partial charge in [0.25, 0.3) is 5.91 Å². The van der Waals surface area contributed by atoms with Crippen LogP contribution in [0.25, 0.3) is 0 Å². The van der Waals surface area contributed by atoms with Crippen molar-refractivity contribution >= 4 is 17.7 Å². The first-order valence-corrected chi connectivity index (χ1v) is 4.68. The number of hydrogen-bond donors (Lipinski definition) is 4. The van der Waals surface area contributed by atoms with Gasteiger partial charge < -0.3 is 17.2 Å². The summed E-state index contributed by atoms with van der Waals surface area (Å²) in [5.41, 5.74) is 15.3. The van der Waals surface area contributed by atoms with Crippen molar-refractivity contribution in [3.8, 4) is 0 Å². The van der Waals surface area contributed by atoms with Crippen LogP contribution in [0.1, 0.15) is 19.8 Å². The quantitative estimate of drug-likeness (QED) is 0.220. The average molecular weight is 231 g/mol. The summed E-state index contributed by atoms with van der Waals surface area (Å²) >= 11 is 0. The highest BCUT2D eigenvalue weighted by atomic mass is 16.2. The predicted octanol–water partition coefficient (Wildman–Crippen LogP) is -2.84. The molecule has 0 saturated carbocycles. The summed E-state index contributed by atoms with van der Waals surface area (Å²) in [5.74, 6) is 3.36. The molecule has 0 aliphatic rings. The second-order valence-corrected chi connectivity index (χ2v) is 3.46. The smallest absolute Gasteiger partial charge is 0.253 e. The highest BCUT2D eigenvalue weighted by molar-refractivity contribution is 5.88. The van der Waals surface area contributed by atoms with E-state index in [4.69, 9.17) is 23.0 Å². The van der Waals surface area contributed by atoms with Gasteiger partial charge in [0.15, 0.2) is 0 Å². The molecular formula is C8H17N5O3. The van der Waals surface area contributed by atoms with Crippen LogP contribution in [0.3, 0.4) is 0 Å². The zero-order chi connectivity index (χ0) is 12.9. The molecule has 8 nitrogen and oxygen atoms in total. The van der Waals surface area contributed by atoms with Gasteiger partial charge in [0.1, 0.15) is 6.04 Å². The number of carbonyl (C=O) groups is 3. The van der Waals surface area contributed by atoms with E-state index in [0.29, 0.717) is 5.01 Å². The van der Waals surface area contributed by atoms with Crippen LogP contribution in [0.2, 0.25) is 0 Å². The second-order valence-electron chi connectivity index (χ2n) is 3.46. The Morgan fingerprint density at radius 3 is 2.06 bits per heavy atom. The number of rotatable bonds is 6. The number of primary amides is 2. The number of amides is 3. The van der Waals surface area contributed by atoms with Gasteiger partial charge in [0.2, 0.25) is 11.8 Å². The molecule has 8 heteroatoms. The van der Waals surface area contributed by atoms with Crippen molar-refractivity contribution < 1.29 is 14.4 Å². The van der Waals surface area contributed by atoms with Gasteiger partial charge in [0, 0.05) is 6.42 Å². The van der Waals surface area contributed by atoms with Crippen LogP contribution >= 0.6 is 0 Å². The Morgan fingerprint density at radius 1 is 1.25 bits per heavy atom. The van der Waals surface area contributed by atoms with Gasteiger partial charge in [-0.05, 0) is 13.3 Å². The lowest BCUT2D eigenvalue weighted by Gasteiger charge is -2.25. The predicted molar refractivity (Wildman–Crippen MR) is 56.1 cm³/mol. The molecule has 0 spiro atoms. The third-order valence-corrected chi connectivity index (χ3v) is 1.97. The highest BCUT2D eigenvalue weighted by Crippen LogP contribution is 2.04. The van der Waals surface area contributed by atoms with Crippen molar-refractivity contribution in [1.82, 2.24) is 5.01 Å². The summed E-state index contributed by atoms with van der Waals surface area (Å²) < 4.78 is 0. The minimum atomic E-state index is -1.08. The number of nitrogens with zero attached hydrogens (tertiary/aromatic N) is 1. The fourth-order valence-corrected chi connectivity index (χ4v) is 1.09. The SMILES string of the molecule is C[C@H](N)C(=O)N(N)[C@@H](CCC(N)=O)C(N)=O. The van der Waals surface area contributed by atoms with E-state index in [1.165, 1.54) is 6.92 Å². The lowest BCUT2D eigenvalue weighted by Crippen LogP contribution is -2.56. The van der Waals surface area contributed by atoms with Crippen molar-refractivity contribution in [1.29, 1.82) is 0 Å². The van der Waals surface area contributed by atoms with Crippen LogP contribution in [0.15, 0.2) is 0 Å². The van der Waals surface area contributed by atoms with E-state index >= 15 is 0 Å². The van der Waals surface area contributed by atoms with Gasteiger partial charge in [-0.25, -0.2) is 5.84 Å². The van der Waals surface area contributed by atoms with Crippen LogP contribution in [0, 0.1) is 0 Å². The molecule has 0 unspecified atom stereocenters. The molecule has 92 valence electrons. The molecular weight excluding hydrogens is 214 g/mol. The topological polar surface area (TPSA) is 159 Å². The van der Waals surface area contributed by atoms with E-state index in [9.17, 15) is 14.4 Å². The van der Waals surface area contributed by atoms with E-state index in [2.05, 4.69) is 0 Å². The van der Waals surface area contributed by atoms with E-state index in [-0.39, 0.29) is 12.8 Å². The normalized spacial score (nSPS) is 13.9. The Bertz CT molecular complexity index is 291.